The second-order valence-corrected chi connectivity index (χ2v) is 6.52. The SMILES string of the molecule is Cc1c(OC(C)C)cccc1C(=O)c1cccc(OC(C)C)c1C. The third-order valence-corrected chi connectivity index (χ3v) is 3.78. The number of benzene rings is 2. The summed E-state index contributed by atoms with van der Waals surface area (Å²) in [7, 11) is 0. The van der Waals surface area contributed by atoms with Gasteiger partial charge in [-0.1, -0.05) is 24.3 Å². The number of ether oxygens (including phenoxy) is 2. The zero-order valence-electron chi connectivity index (χ0n) is 15.3. The number of ketones is 1. The van der Waals surface area contributed by atoms with E-state index in [1.807, 2.05) is 77.9 Å². The highest BCUT2D eigenvalue weighted by atomic mass is 16.5. The fourth-order valence-electron chi connectivity index (χ4n) is 2.63. The molecule has 24 heavy (non-hydrogen) atoms. The van der Waals surface area contributed by atoms with Crippen molar-refractivity contribution in [2.45, 2.75) is 53.8 Å². The van der Waals surface area contributed by atoms with Crippen LogP contribution in [0.3, 0.4) is 0 Å². The van der Waals surface area contributed by atoms with Gasteiger partial charge in [0.05, 0.1) is 12.2 Å². The van der Waals surface area contributed by atoms with E-state index in [1.165, 1.54) is 0 Å². The second-order valence-electron chi connectivity index (χ2n) is 6.52. The Balaban J connectivity index is 2.43. The smallest absolute Gasteiger partial charge is 0.193 e. The molecule has 0 spiro atoms. The molecule has 0 N–H and O–H groups in total. The minimum Gasteiger partial charge on any atom is -0.491 e. The molecule has 0 aliphatic heterocycles. The third kappa shape index (κ3) is 3.97. The molecule has 0 unspecified atom stereocenters. The monoisotopic (exact) mass is 326 g/mol. The number of rotatable bonds is 6. The summed E-state index contributed by atoms with van der Waals surface area (Å²) in [6.07, 6.45) is 0.136. The maximum atomic E-state index is 13.1. The van der Waals surface area contributed by atoms with Gasteiger partial charge in [0.15, 0.2) is 5.78 Å². The molecule has 0 atom stereocenters. The van der Waals surface area contributed by atoms with Crippen molar-refractivity contribution in [2.24, 2.45) is 0 Å². The minimum atomic E-state index is -0.00610. The van der Waals surface area contributed by atoms with Crippen molar-refractivity contribution in [1.29, 1.82) is 0 Å². The van der Waals surface area contributed by atoms with E-state index in [0.717, 1.165) is 22.6 Å². The molecule has 0 fully saturated rings. The van der Waals surface area contributed by atoms with Crippen LogP contribution in [0.5, 0.6) is 11.5 Å². The molecule has 2 rings (SSSR count). The first-order valence-corrected chi connectivity index (χ1v) is 8.38. The van der Waals surface area contributed by atoms with Crippen LogP contribution in [-0.2, 0) is 0 Å². The second kappa shape index (κ2) is 7.52. The zero-order valence-corrected chi connectivity index (χ0v) is 15.3. The van der Waals surface area contributed by atoms with Gasteiger partial charge in [-0.15, -0.1) is 0 Å². The lowest BCUT2D eigenvalue weighted by atomic mass is 9.95. The Morgan fingerprint density at radius 1 is 0.750 bits per heavy atom. The maximum absolute atomic E-state index is 13.1. The van der Waals surface area contributed by atoms with Crippen molar-refractivity contribution < 1.29 is 14.3 Å². The van der Waals surface area contributed by atoms with Crippen LogP contribution < -0.4 is 9.47 Å². The van der Waals surface area contributed by atoms with Gasteiger partial charge in [0.2, 0.25) is 0 Å². The molecule has 0 amide bonds. The standard InChI is InChI=1S/C21H26O3/c1-13(2)23-19-11-7-9-17(15(19)5)21(22)18-10-8-12-20(16(18)6)24-14(3)4/h7-14H,1-6H3. The maximum Gasteiger partial charge on any atom is 0.193 e. The summed E-state index contributed by atoms with van der Waals surface area (Å²) in [5.41, 5.74) is 3.06. The molecule has 0 aliphatic rings. The summed E-state index contributed by atoms with van der Waals surface area (Å²) in [4.78, 5) is 13.1. The Kier molecular flexibility index (Phi) is 5.66. The highest BCUT2D eigenvalue weighted by Gasteiger charge is 2.18. The number of hydrogen-bond acceptors (Lipinski definition) is 3. The minimum absolute atomic E-state index is 0.00610. The van der Waals surface area contributed by atoms with Crippen LogP contribution in [0, 0.1) is 13.8 Å². The van der Waals surface area contributed by atoms with E-state index < -0.39 is 0 Å². The van der Waals surface area contributed by atoms with Gasteiger partial charge in [-0.25, -0.2) is 0 Å². The lowest BCUT2D eigenvalue weighted by molar-refractivity contribution is 0.103. The zero-order chi connectivity index (χ0) is 17.9. The van der Waals surface area contributed by atoms with Gasteiger partial charge in [0, 0.05) is 22.3 Å². The van der Waals surface area contributed by atoms with Gasteiger partial charge in [0.1, 0.15) is 11.5 Å². The molecular weight excluding hydrogens is 300 g/mol. The molecule has 0 bridgehead atoms. The molecule has 0 saturated heterocycles. The summed E-state index contributed by atoms with van der Waals surface area (Å²) in [5.74, 6) is 1.50. The Bertz CT molecular complexity index is 668. The van der Waals surface area contributed by atoms with E-state index in [9.17, 15) is 4.79 Å². The van der Waals surface area contributed by atoms with Crippen molar-refractivity contribution in [3.05, 3.63) is 58.7 Å². The number of hydrogen-bond donors (Lipinski definition) is 0. The van der Waals surface area contributed by atoms with Gasteiger partial charge in [-0.05, 0) is 53.7 Å². The lowest BCUT2D eigenvalue weighted by Crippen LogP contribution is -2.12. The summed E-state index contributed by atoms with van der Waals surface area (Å²) in [6, 6.07) is 11.2. The van der Waals surface area contributed by atoms with Gasteiger partial charge >= 0.3 is 0 Å². The number of carbonyl (C=O) groups is 1. The Labute approximate surface area is 144 Å². The Hall–Kier alpha value is -2.29. The average Bonchev–Trinajstić information content (AvgIpc) is 2.50. The molecule has 0 aromatic heterocycles. The fourth-order valence-corrected chi connectivity index (χ4v) is 2.63. The highest BCUT2D eigenvalue weighted by Crippen LogP contribution is 2.28. The van der Waals surface area contributed by atoms with E-state index in [-0.39, 0.29) is 18.0 Å². The molecule has 0 saturated carbocycles. The van der Waals surface area contributed by atoms with Crippen LogP contribution in [0.1, 0.15) is 54.7 Å². The van der Waals surface area contributed by atoms with Crippen LogP contribution in [0.15, 0.2) is 36.4 Å². The van der Waals surface area contributed by atoms with Gasteiger partial charge in [0.25, 0.3) is 0 Å². The van der Waals surface area contributed by atoms with E-state index >= 15 is 0 Å². The van der Waals surface area contributed by atoms with Crippen LogP contribution >= 0.6 is 0 Å². The molecule has 0 heterocycles. The predicted octanol–water partition coefficient (Wildman–Crippen LogP) is 5.11. The lowest BCUT2D eigenvalue weighted by Gasteiger charge is -2.17. The molecular formula is C21H26O3. The van der Waals surface area contributed by atoms with Crippen LogP contribution in [0.4, 0.5) is 0 Å². The van der Waals surface area contributed by atoms with Gasteiger partial charge < -0.3 is 9.47 Å². The van der Waals surface area contributed by atoms with Crippen molar-refractivity contribution in [2.75, 3.05) is 0 Å². The van der Waals surface area contributed by atoms with Crippen molar-refractivity contribution in [1.82, 2.24) is 0 Å². The summed E-state index contributed by atoms with van der Waals surface area (Å²) in [5, 5.41) is 0. The van der Waals surface area contributed by atoms with Crippen LogP contribution in [0.2, 0.25) is 0 Å². The summed E-state index contributed by atoms with van der Waals surface area (Å²) in [6.45, 7) is 11.8. The van der Waals surface area contributed by atoms with Crippen LogP contribution in [0.25, 0.3) is 0 Å². The van der Waals surface area contributed by atoms with Gasteiger partial charge in [-0.3, -0.25) is 4.79 Å². The molecule has 0 radical (unpaired) electrons. The van der Waals surface area contributed by atoms with Crippen molar-refractivity contribution in [3.8, 4) is 11.5 Å². The first-order chi connectivity index (χ1) is 11.3. The van der Waals surface area contributed by atoms with E-state index in [2.05, 4.69) is 0 Å². The van der Waals surface area contributed by atoms with E-state index in [1.54, 1.807) is 0 Å². The van der Waals surface area contributed by atoms with Crippen molar-refractivity contribution >= 4 is 5.78 Å². The topological polar surface area (TPSA) is 35.5 Å². The predicted molar refractivity (Wildman–Crippen MR) is 97.3 cm³/mol. The summed E-state index contributed by atoms with van der Waals surface area (Å²) < 4.78 is 11.6. The fraction of sp³-hybridized carbons (Fsp3) is 0.381. The first kappa shape index (κ1) is 18.1. The third-order valence-electron chi connectivity index (χ3n) is 3.78. The molecule has 3 nitrogen and oxygen atoms in total. The molecule has 3 heteroatoms. The Morgan fingerprint density at radius 2 is 1.12 bits per heavy atom. The van der Waals surface area contributed by atoms with E-state index in [0.29, 0.717) is 11.1 Å². The number of carbonyl (C=O) groups excluding carboxylic acids is 1. The normalized spacial score (nSPS) is 11.0. The molecule has 2 aromatic carbocycles. The Morgan fingerprint density at radius 3 is 1.46 bits per heavy atom. The highest BCUT2D eigenvalue weighted by molar-refractivity contribution is 6.11. The molecule has 2 aromatic rings. The largest absolute Gasteiger partial charge is 0.491 e. The van der Waals surface area contributed by atoms with E-state index in [4.69, 9.17) is 9.47 Å². The summed E-state index contributed by atoms with van der Waals surface area (Å²) >= 11 is 0. The van der Waals surface area contributed by atoms with Gasteiger partial charge in [-0.2, -0.15) is 0 Å². The van der Waals surface area contributed by atoms with Crippen LogP contribution in [-0.4, -0.2) is 18.0 Å². The van der Waals surface area contributed by atoms with Crippen molar-refractivity contribution in [3.63, 3.8) is 0 Å². The molecule has 128 valence electrons. The quantitative estimate of drug-likeness (QED) is 0.692. The average molecular weight is 326 g/mol. The first-order valence-electron chi connectivity index (χ1n) is 8.38. The molecule has 0 aliphatic carbocycles.